The van der Waals surface area contributed by atoms with E-state index in [-0.39, 0.29) is 0 Å². The monoisotopic (exact) mass is 254 g/mol. The predicted octanol–water partition coefficient (Wildman–Crippen LogP) is 7.05. The van der Waals surface area contributed by atoms with Crippen molar-refractivity contribution in [2.45, 2.75) is 69.2 Å². The number of rotatable bonds is 1. The molecule has 0 fully saturated rings. The van der Waals surface area contributed by atoms with Gasteiger partial charge in [-0.05, 0) is 24.7 Å². The molecule has 0 nitrogen and oxygen atoms in total. The standard InChI is InChI=1S/2C5H12.C4H8.C4H6/c2*1-5(2,3)4;2*1-3-4-2/h2*1-4H3;3-4H,1-2H3;3-4H,1-2H2/b;;4-3-;. The molecule has 0 aliphatic carbocycles. The van der Waals surface area contributed by atoms with E-state index in [9.17, 15) is 0 Å². The van der Waals surface area contributed by atoms with Gasteiger partial charge in [0.25, 0.3) is 0 Å². The summed E-state index contributed by atoms with van der Waals surface area (Å²) in [6.07, 6.45) is 7.28. The van der Waals surface area contributed by atoms with E-state index in [1.165, 1.54) is 0 Å². The molecule has 0 aliphatic heterocycles. The molecule has 0 saturated heterocycles. The molecule has 0 aromatic carbocycles. The lowest BCUT2D eigenvalue weighted by Crippen LogP contribution is -1.93. The molecule has 0 aliphatic rings. The van der Waals surface area contributed by atoms with E-state index >= 15 is 0 Å². The summed E-state index contributed by atoms with van der Waals surface area (Å²) in [6, 6.07) is 0. The molecule has 18 heavy (non-hydrogen) atoms. The molecule has 0 saturated carbocycles. The SMILES string of the molecule is C/C=C\C.C=CC=C.CC(C)(C)C.CC(C)(C)C. The maximum absolute atomic E-state index is 3.36. The number of hydrogen-bond acceptors (Lipinski definition) is 0. The minimum Gasteiger partial charge on any atom is -0.0991 e. The van der Waals surface area contributed by atoms with Crippen LogP contribution in [0.25, 0.3) is 0 Å². The Morgan fingerprint density at radius 3 is 0.667 bits per heavy atom. The molecule has 0 unspecified atom stereocenters. The summed E-state index contributed by atoms with van der Waals surface area (Å²) in [5.41, 5.74) is 1.00. The minimum absolute atomic E-state index is 0.500. The quantitative estimate of drug-likeness (QED) is 0.347. The molecule has 0 heteroatoms. The number of hydrogen-bond donors (Lipinski definition) is 0. The lowest BCUT2D eigenvalue weighted by atomic mass is 10.0. The second-order valence-corrected chi connectivity index (χ2v) is 7.14. The van der Waals surface area contributed by atoms with Crippen LogP contribution in [0.5, 0.6) is 0 Å². The Bertz CT molecular complexity index is 147. The molecule has 0 rings (SSSR count). The van der Waals surface area contributed by atoms with E-state index in [1.54, 1.807) is 12.2 Å². The summed E-state index contributed by atoms with van der Waals surface area (Å²) in [5, 5.41) is 0. The van der Waals surface area contributed by atoms with Crippen molar-refractivity contribution < 1.29 is 0 Å². The zero-order valence-corrected chi connectivity index (χ0v) is 14.7. The molecular weight excluding hydrogens is 216 g/mol. The summed E-state index contributed by atoms with van der Waals surface area (Å²) in [5.74, 6) is 0. The third-order valence-corrected chi connectivity index (χ3v) is 0.500. The molecule has 0 aromatic rings. The van der Waals surface area contributed by atoms with Crippen molar-refractivity contribution >= 4 is 0 Å². The highest BCUT2D eigenvalue weighted by atomic mass is 14.0. The van der Waals surface area contributed by atoms with Crippen LogP contribution in [0.3, 0.4) is 0 Å². The van der Waals surface area contributed by atoms with Crippen LogP contribution in [-0.2, 0) is 0 Å². The largest absolute Gasteiger partial charge is 0.0991 e. The fraction of sp³-hybridized carbons (Fsp3) is 0.667. The van der Waals surface area contributed by atoms with Crippen LogP contribution >= 0.6 is 0 Å². The highest BCUT2D eigenvalue weighted by Crippen LogP contribution is 2.08. The van der Waals surface area contributed by atoms with Crippen molar-refractivity contribution in [3.63, 3.8) is 0 Å². The van der Waals surface area contributed by atoms with E-state index < -0.39 is 0 Å². The summed E-state index contributed by atoms with van der Waals surface area (Å²) in [6.45, 7) is 28.2. The molecule has 0 spiro atoms. The van der Waals surface area contributed by atoms with E-state index in [2.05, 4.69) is 68.5 Å². The lowest BCUT2D eigenvalue weighted by Gasteiger charge is -2.05. The van der Waals surface area contributed by atoms with Gasteiger partial charge in [0, 0.05) is 0 Å². The fourth-order valence-electron chi connectivity index (χ4n) is 0. The van der Waals surface area contributed by atoms with Crippen molar-refractivity contribution in [1.82, 2.24) is 0 Å². The van der Waals surface area contributed by atoms with Gasteiger partial charge in [-0.25, -0.2) is 0 Å². The second kappa shape index (κ2) is 16.2. The maximum Gasteiger partial charge on any atom is -0.0411 e. The minimum atomic E-state index is 0.500. The Kier molecular flexibility index (Phi) is 23.4. The van der Waals surface area contributed by atoms with Crippen molar-refractivity contribution in [1.29, 1.82) is 0 Å². The maximum atomic E-state index is 3.36. The van der Waals surface area contributed by atoms with Crippen LogP contribution in [0.2, 0.25) is 0 Å². The van der Waals surface area contributed by atoms with Gasteiger partial charge in [-0.3, -0.25) is 0 Å². The number of allylic oxidation sites excluding steroid dienone is 4. The first-order chi connectivity index (χ1) is 7.83. The van der Waals surface area contributed by atoms with Gasteiger partial charge in [-0.15, -0.1) is 0 Å². The van der Waals surface area contributed by atoms with Crippen LogP contribution in [0.15, 0.2) is 37.5 Å². The van der Waals surface area contributed by atoms with Gasteiger partial charge in [-0.1, -0.05) is 92.9 Å². The van der Waals surface area contributed by atoms with Crippen LogP contribution in [-0.4, -0.2) is 0 Å². The van der Waals surface area contributed by atoms with Gasteiger partial charge in [-0.2, -0.15) is 0 Å². The Balaban J connectivity index is -0.0000000731. The van der Waals surface area contributed by atoms with Gasteiger partial charge >= 0.3 is 0 Å². The molecule has 110 valence electrons. The highest BCUT2D eigenvalue weighted by molar-refractivity contribution is 4.88. The van der Waals surface area contributed by atoms with Gasteiger partial charge in [0.1, 0.15) is 0 Å². The molecule has 0 atom stereocenters. The van der Waals surface area contributed by atoms with Crippen molar-refractivity contribution in [2.24, 2.45) is 10.8 Å². The average molecular weight is 255 g/mol. The molecule has 0 amide bonds. The van der Waals surface area contributed by atoms with Crippen molar-refractivity contribution in [3.8, 4) is 0 Å². The molecule has 0 bridgehead atoms. The first kappa shape index (κ1) is 25.9. The molecular formula is C18H38. The molecule has 0 aromatic heterocycles. The zero-order chi connectivity index (χ0) is 15.8. The normalized spacial score (nSPS) is 9.89. The smallest absolute Gasteiger partial charge is 0.0411 e. The van der Waals surface area contributed by atoms with E-state index in [4.69, 9.17) is 0 Å². The lowest BCUT2D eigenvalue weighted by molar-refractivity contribution is 0.469. The van der Waals surface area contributed by atoms with Gasteiger partial charge in [0.05, 0.1) is 0 Å². The van der Waals surface area contributed by atoms with Crippen LogP contribution in [0, 0.1) is 10.8 Å². The molecule has 0 N–H and O–H groups in total. The zero-order valence-electron chi connectivity index (χ0n) is 14.7. The third-order valence-electron chi connectivity index (χ3n) is 0.500. The highest BCUT2D eigenvalue weighted by Gasteiger charge is 1.96. The van der Waals surface area contributed by atoms with E-state index in [0.29, 0.717) is 10.8 Å². The topological polar surface area (TPSA) is 0 Å². The van der Waals surface area contributed by atoms with E-state index in [0.717, 1.165) is 0 Å². The van der Waals surface area contributed by atoms with Gasteiger partial charge < -0.3 is 0 Å². The first-order valence-electron chi connectivity index (χ1n) is 6.64. The van der Waals surface area contributed by atoms with Crippen molar-refractivity contribution in [2.75, 3.05) is 0 Å². The van der Waals surface area contributed by atoms with Crippen LogP contribution in [0.4, 0.5) is 0 Å². The van der Waals surface area contributed by atoms with E-state index in [1.807, 2.05) is 26.0 Å². The van der Waals surface area contributed by atoms with Gasteiger partial charge in [0.15, 0.2) is 0 Å². The summed E-state index contributed by atoms with van der Waals surface area (Å²) >= 11 is 0. The Morgan fingerprint density at radius 2 is 0.667 bits per heavy atom. The molecule has 0 radical (unpaired) electrons. The van der Waals surface area contributed by atoms with Crippen LogP contribution < -0.4 is 0 Å². The first-order valence-corrected chi connectivity index (χ1v) is 6.64. The Hall–Kier alpha value is -0.780. The van der Waals surface area contributed by atoms with Gasteiger partial charge in [0.2, 0.25) is 0 Å². The summed E-state index contributed by atoms with van der Waals surface area (Å²) in [7, 11) is 0. The summed E-state index contributed by atoms with van der Waals surface area (Å²) in [4.78, 5) is 0. The molecule has 0 heterocycles. The Labute approximate surface area is 118 Å². The van der Waals surface area contributed by atoms with Crippen molar-refractivity contribution in [3.05, 3.63) is 37.5 Å². The summed E-state index contributed by atoms with van der Waals surface area (Å²) < 4.78 is 0. The third kappa shape index (κ3) is 2070. The Morgan fingerprint density at radius 1 is 0.556 bits per heavy atom. The fourth-order valence-corrected chi connectivity index (χ4v) is 0. The second-order valence-electron chi connectivity index (χ2n) is 7.14. The predicted molar refractivity (Wildman–Crippen MR) is 91.1 cm³/mol. The average Bonchev–Trinajstić information content (AvgIpc) is 2.12. The van der Waals surface area contributed by atoms with Crippen LogP contribution in [0.1, 0.15) is 69.2 Å².